The number of nitrogens with one attached hydrogen (secondary N) is 1. The van der Waals surface area contributed by atoms with Crippen molar-refractivity contribution < 1.29 is 14.3 Å². The summed E-state index contributed by atoms with van der Waals surface area (Å²) in [4.78, 5) is 12.4. The second kappa shape index (κ2) is 10.9. The van der Waals surface area contributed by atoms with Crippen LogP contribution in [0.4, 0.5) is 0 Å². The van der Waals surface area contributed by atoms with E-state index >= 15 is 0 Å². The first-order chi connectivity index (χ1) is 14.6. The largest absolute Gasteiger partial charge is 0.493 e. The van der Waals surface area contributed by atoms with E-state index in [9.17, 15) is 4.79 Å². The maximum atomic E-state index is 12.4. The number of carbonyl (C=O) groups excluding carboxylic acids is 1. The van der Waals surface area contributed by atoms with E-state index < -0.39 is 0 Å². The van der Waals surface area contributed by atoms with Crippen molar-refractivity contribution in [2.75, 3.05) is 13.2 Å². The molecule has 3 rings (SSSR count). The molecule has 0 aromatic heterocycles. The van der Waals surface area contributed by atoms with Crippen LogP contribution in [0.1, 0.15) is 44.7 Å². The van der Waals surface area contributed by atoms with Gasteiger partial charge in [0.25, 0.3) is 0 Å². The Hall–Kier alpha value is -2.75. The molecule has 2 aromatic rings. The third-order valence-corrected chi connectivity index (χ3v) is 5.54. The normalized spacial score (nSPS) is 14.5. The monoisotopic (exact) mass is 407 g/mol. The predicted octanol–water partition coefficient (Wildman–Crippen LogP) is 5.28. The highest BCUT2D eigenvalue weighted by Gasteiger charge is 2.20. The molecule has 0 amide bonds. The molecule has 2 aromatic carbocycles. The van der Waals surface area contributed by atoms with E-state index in [2.05, 4.69) is 31.3 Å². The van der Waals surface area contributed by atoms with Crippen LogP contribution in [0.5, 0.6) is 5.75 Å². The lowest BCUT2D eigenvalue weighted by molar-refractivity contribution is -0.151. The smallest absolute Gasteiger partial charge is 0.312 e. The molecule has 0 bridgehead atoms. The van der Waals surface area contributed by atoms with Gasteiger partial charge in [0.1, 0.15) is 19.0 Å². The Morgan fingerprint density at radius 2 is 1.77 bits per heavy atom. The van der Waals surface area contributed by atoms with Gasteiger partial charge in [0.15, 0.2) is 0 Å². The molecule has 0 saturated heterocycles. The molecule has 30 heavy (non-hydrogen) atoms. The summed E-state index contributed by atoms with van der Waals surface area (Å²) in [5, 5.41) is 3.52. The molecule has 1 heterocycles. The van der Waals surface area contributed by atoms with Crippen LogP contribution in [0.3, 0.4) is 0 Å². The fraction of sp³-hybridized carbons (Fsp3) is 0.423. The van der Waals surface area contributed by atoms with Crippen molar-refractivity contribution in [2.45, 2.75) is 46.6 Å². The number of esters is 1. The standard InChI is InChI=1S/C26H33NO3/c1-4-22(26(28)30-17-21-8-6-5-7-9-21)18-29-24-12-10-20(11-13-24)16-23-14-15-27-25(23)19(2)3/h5-13,19,22,27H,4,14-18H2,1-3H3. The SMILES string of the molecule is CCC(COc1ccc(CC2=C(C(C)C)NCC2)cc1)C(=O)OCc1ccccc1. The van der Waals surface area contributed by atoms with E-state index in [0.29, 0.717) is 25.6 Å². The van der Waals surface area contributed by atoms with Gasteiger partial charge in [-0.1, -0.05) is 63.2 Å². The van der Waals surface area contributed by atoms with Crippen LogP contribution in [0.2, 0.25) is 0 Å². The Morgan fingerprint density at radius 1 is 1.03 bits per heavy atom. The Kier molecular flexibility index (Phi) is 7.95. The maximum Gasteiger partial charge on any atom is 0.312 e. The zero-order valence-corrected chi connectivity index (χ0v) is 18.3. The number of benzene rings is 2. The van der Waals surface area contributed by atoms with Gasteiger partial charge in [0, 0.05) is 12.2 Å². The first-order valence-electron chi connectivity index (χ1n) is 10.9. The lowest BCUT2D eigenvalue weighted by Gasteiger charge is -2.16. The van der Waals surface area contributed by atoms with E-state index in [-0.39, 0.29) is 11.9 Å². The highest BCUT2D eigenvalue weighted by Crippen LogP contribution is 2.25. The summed E-state index contributed by atoms with van der Waals surface area (Å²) >= 11 is 0. The van der Waals surface area contributed by atoms with Crippen molar-refractivity contribution in [3.8, 4) is 5.75 Å². The summed E-state index contributed by atoms with van der Waals surface area (Å²) in [6.07, 6.45) is 2.78. The number of ether oxygens (including phenoxy) is 2. The first-order valence-corrected chi connectivity index (χ1v) is 10.9. The molecule has 1 unspecified atom stereocenters. The molecule has 0 fully saturated rings. The van der Waals surface area contributed by atoms with Crippen LogP contribution < -0.4 is 10.1 Å². The lowest BCUT2D eigenvalue weighted by atomic mass is 9.98. The zero-order valence-electron chi connectivity index (χ0n) is 18.3. The van der Waals surface area contributed by atoms with E-state index in [1.165, 1.54) is 16.8 Å². The van der Waals surface area contributed by atoms with Crippen molar-refractivity contribution >= 4 is 5.97 Å². The second-order valence-electron chi connectivity index (χ2n) is 8.18. The molecule has 1 aliphatic rings. The van der Waals surface area contributed by atoms with Crippen molar-refractivity contribution in [3.63, 3.8) is 0 Å². The van der Waals surface area contributed by atoms with Crippen molar-refractivity contribution in [1.82, 2.24) is 5.32 Å². The number of rotatable bonds is 10. The molecule has 160 valence electrons. The molecule has 0 aliphatic carbocycles. The van der Waals surface area contributed by atoms with Crippen molar-refractivity contribution in [2.24, 2.45) is 11.8 Å². The van der Waals surface area contributed by atoms with Crippen molar-refractivity contribution in [3.05, 3.63) is 77.0 Å². The van der Waals surface area contributed by atoms with Crippen LogP contribution in [0.25, 0.3) is 0 Å². The average molecular weight is 408 g/mol. The molecule has 1 atom stereocenters. The highest BCUT2D eigenvalue weighted by atomic mass is 16.5. The zero-order chi connectivity index (χ0) is 21.3. The van der Waals surface area contributed by atoms with E-state index in [1.807, 2.05) is 49.4 Å². The molecule has 0 radical (unpaired) electrons. The Labute approximate surface area is 180 Å². The lowest BCUT2D eigenvalue weighted by Crippen LogP contribution is -2.23. The summed E-state index contributed by atoms with van der Waals surface area (Å²) in [6, 6.07) is 18.0. The minimum Gasteiger partial charge on any atom is -0.493 e. The first kappa shape index (κ1) is 21.9. The van der Waals surface area contributed by atoms with Crippen LogP contribution in [0, 0.1) is 11.8 Å². The minimum atomic E-state index is -0.267. The van der Waals surface area contributed by atoms with Crippen LogP contribution >= 0.6 is 0 Å². The van der Waals surface area contributed by atoms with Gasteiger partial charge in [-0.3, -0.25) is 4.79 Å². The summed E-state index contributed by atoms with van der Waals surface area (Å²) in [5.41, 5.74) is 5.18. The van der Waals surface area contributed by atoms with E-state index in [4.69, 9.17) is 9.47 Å². The van der Waals surface area contributed by atoms with Crippen LogP contribution in [-0.4, -0.2) is 19.1 Å². The van der Waals surface area contributed by atoms with Crippen LogP contribution in [0.15, 0.2) is 65.9 Å². The summed E-state index contributed by atoms with van der Waals surface area (Å²) in [5.74, 6) is 0.852. The molecule has 4 heteroatoms. The van der Waals surface area contributed by atoms with Gasteiger partial charge in [-0.05, 0) is 54.0 Å². The molecule has 1 aliphatic heterocycles. The Bertz CT molecular complexity index is 840. The molecule has 0 saturated carbocycles. The molecule has 1 N–H and O–H groups in total. The quantitative estimate of drug-likeness (QED) is 0.544. The Morgan fingerprint density at radius 3 is 2.43 bits per heavy atom. The predicted molar refractivity (Wildman–Crippen MR) is 120 cm³/mol. The highest BCUT2D eigenvalue weighted by molar-refractivity contribution is 5.72. The van der Waals surface area contributed by atoms with E-state index in [1.54, 1.807) is 0 Å². The van der Waals surface area contributed by atoms with Gasteiger partial charge in [0.2, 0.25) is 0 Å². The van der Waals surface area contributed by atoms with Gasteiger partial charge in [-0.15, -0.1) is 0 Å². The molecular formula is C26H33NO3. The maximum absolute atomic E-state index is 12.4. The van der Waals surface area contributed by atoms with Gasteiger partial charge >= 0.3 is 5.97 Å². The summed E-state index contributed by atoms with van der Waals surface area (Å²) < 4.78 is 11.4. The van der Waals surface area contributed by atoms with Gasteiger partial charge in [-0.25, -0.2) is 0 Å². The minimum absolute atomic E-state index is 0.208. The van der Waals surface area contributed by atoms with E-state index in [0.717, 1.165) is 30.7 Å². The molecular weight excluding hydrogens is 374 g/mol. The number of hydrogen-bond acceptors (Lipinski definition) is 4. The molecule has 4 nitrogen and oxygen atoms in total. The third-order valence-electron chi connectivity index (χ3n) is 5.54. The number of carbonyl (C=O) groups is 1. The summed E-state index contributed by atoms with van der Waals surface area (Å²) in [6.45, 7) is 8.13. The van der Waals surface area contributed by atoms with Gasteiger partial charge in [-0.2, -0.15) is 0 Å². The molecule has 0 spiro atoms. The fourth-order valence-corrected chi connectivity index (χ4v) is 3.75. The number of allylic oxidation sites excluding steroid dienone is 1. The van der Waals surface area contributed by atoms with Crippen LogP contribution in [-0.2, 0) is 22.6 Å². The van der Waals surface area contributed by atoms with Gasteiger partial charge in [0.05, 0.1) is 5.92 Å². The Balaban J connectivity index is 1.49. The fourth-order valence-electron chi connectivity index (χ4n) is 3.75. The third kappa shape index (κ3) is 6.12. The average Bonchev–Trinajstić information content (AvgIpc) is 3.23. The van der Waals surface area contributed by atoms with Crippen molar-refractivity contribution in [1.29, 1.82) is 0 Å². The number of hydrogen-bond donors (Lipinski definition) is 1. The topological polar surface area (TPSA) is 47.6 Å². The summed E-state index contributed by atoms with van der Waals surface area (Å²) in [7, 11) is 0. The van der Waals surface area contributed by atoms with Gasteiger partial charge < -0.3 is 14.8 Å². The second-order valence-corrected chi connectivity index (χ2v) is 8.18.